The summed E-state index contributed by atoms with van der Waals surface area (Å²) in [6.07, 6.45) is 0. The van der Waals surface area contributed by atoms with Gasteiger partial charge in [-0.3, -0.25) is 0 Å². The van der Waals surface area contributed by atoms with Crippen LogP contribution in [0.5, 0.6) is 0 Å². The molecular weight excluding hydrogens is 371 g/mol. The van der Waals surface area contributed by atoms with Crippen LogP contribution in [0.4, 0.5) is 4.39 Å². The van der Waals surface area contributed by atoms with E-state index in [4.69, 9.17) is 5.26 Å². The smallest absolute Gasteiger partial charge is 0.137 e. The van der Waals surface area contributed by atoms with Crippen molar-refractivity contribution in [3.05, 3.63) is 55.9 Å². The summed E-state index contributed by atoms with van der Waals surface area (Å²) < 4.78 is 14.7. The van der Waals surface area contributed by atoms with Crippen molar-refractivity contribution in [3.8, 4) is 6.07 Å². The maximum atomic E-state index is 12.3. The third kappa shape index (κ3) is 5.44. The minimum Gasteiger partial charge on any atom is -0.244 e. The Morgan fingerprint density at radius 3 is 2.48 bits per heavy atom. The van der Waals surface area contributed by atoms with E-state index in [1.165, 1.54) is 16.5 Å². The highest BCUT2D eigenvalue weighted by molar-refractivity contribution is 9.10. The van der Waals surface area contributed by atoms with Crippen LogP contribution in [0.15, 0.2) is 34.8 Å². The third-order valence-electron chi connectivity index (χ3n) is 2.51. The molecule has 0 saturated carbocycles. The fraction of sp³-hybridized carbons (Fsp3) is 0.267. The Bertz CT molecular complexity index is 578. The quantitative estimate of drug-likeness (QED) is 0.614. The van der Waals surface area contributed by atoms with Crippen LogP contribution in [-0.4, -0.2) is 4.31 Å². The summed E-state index contributed by atoms with van der Waals surface area (Å²) >= 11 is 8.82. The second kappa shape index (κ2) is 9.21. The molecule has 2 aromatic rings. The van der Waals surface area contributed by atoms with Crippen molar-refractivity contribution >= 4 is 40.1 Å². The summed E-state index contributed by atoms with van der Waals surface area (Å²) in [5, 5.41) is 8.59. The lowest BCUT2D eigenvalue weighted by molar-refractivity contribution is 0.518. The Hall–Kier alpha value is -0.870. The van der Waals surface area contributed by atoms with Gasteiger partial charge < -0.3 is 0 Å². The molecule has 0 fully saturated rings. The van der Waals surface area contributed by atoms with Gasteiger partial charge in [0.15, 0.2) is 0 Å². The van der Waals surface area contributed by atoms with E-state index in [-0.39, 0.29) is 5.82 Å². The van der Waals surface area contributed by atoms with E-state index in [1.807, 2.05) is 24.2 Å². The Balaban J connectivity index is 0.000000196. The molecule has 0 aliphatic carbocycles. The summed E-state index contributed by atoms with van der Waals surface area (Å²) in [5.74, 6) is -0.215. The summed E-state index contributed by atoms with van der Waals surface area (Å²) in [7, 11) is 0. The van der Waals surface area contributed by atoms with Crippen LogP contribution in [0.3, 0.4) is 0 Å². The predicted octanol–water partition coefficient (Wildman–Crippen LogP) is 5.39. The van der Waals surface area contributed by atoms with E-state index >= 15 is 0 Å². The monoisotopic (exact) mass is 386 g/mol. The summed E-state index contributed by atoms with van der Waals surface area (Å²) in [5.41, 5.74) is 1.27. The van der Waals surface area contributed by atoms with Crippen molar-refractivity contribution in [2.24, 2.45) is 0 Å². The number of fused-ring (bicyclic) bond motifs is 1. The largest absolute Gasteiger partial charge is 0.244 e. The summed E-state index contributed by atoms with van der Waals surface area (Å²) in [6.45, 7) is 5.75. The minimum atomic E-state index is -0.215. The molecule has 21 heavy (non-hydrogen) atoms. The van der Waals surface area contributed by atoms with Gasteiger partial charge in [0.05, 0.1) is 4.47 Å². The zero-order valence-corrected chi connectivity index (χ0v) is 15.1. The number of rotatable bonds is 0. The fourth-order valence-electron chi connectivity index (χ4n) is 1.65. The van der Waals surface area contributed by atoms with Gasteiger partial charge in [0, 0.05) is 18.0 Å². The van der Waals surface area contributed by atoms with E-state index in [9.17, 15) is 4.39 Å². The number of benzene rings is 1. The first-order chi connectivity index (χ1) is 10.1. The lowest BCUT2D eigenvalue weighted by Crippen LogP contribution is -1.99. The standard InChI is InChI=1S/C7H6N2S2.C6H4BrF.C2H6/c8-2-6-1-5-3-9(10)4-7(5)11-6;7-5-3-1-2-4-6(5)8;1-2/h1,10H,3-4H2;1-4H;1-2H3. The Kier molecular flexibility index (Phi) is 7.97. The van der Waals surface area contributed by atoms with Crippen molar-refractivity contribution < 1.29 is 4.39 Å². The Morgan fingerprint density at radius 2 is 2.00 bits per heavy atom. The number of thiol groups is 1. The first-order valence-corrected chi connectivity index (χ1v) is 8.46. The first kappa shape index (κ1) is 18.2. The zero-order valence-electron chi connectivity index (χ0n) is 11.8. The molecule has 0 unspecified atom stereocenters. The molecule has 0 saturated heterocycles. The van der Waals surface area contributed by atoms with Crippen molar-refractivity contribution in [1.82, 2.24) is 4.31 Å². The highest BCUT2D eigenvalue weighted by Gasteiger charge is 2.19. The van der Waals surface area contributed by atoms with Gasteiger partial charge in [-0.1, -0.05) is 38.8 Å². The van der Waals surface area contributed by atoms with Crippen molar-refractivity contribution in [2.75, 3.05) is 0 Å². The van der Waals surface area contributed by atoms with E-state index in [2.05, 4.69) is 34.8 Å². The van der Waals surface area contributed by atoms with E-state index in [0.29, 0.717) is 4.47 Å². The SMILES string of the molecule is CC.Fc1ccccc1Br.N#Cc1cc2c(s1)CN(S)C2. The van der Waals surface area contributed by atoms with Crippen LogP contribution in [0, 0.1) is 17.1 Å². The van der Waals surface area contributed by atoms with E-state index in [1.54, 1.807) is 29.5 Å². The van der Waals surface area contributed by atoms with Crippen molar-refractivity contribution in [3.63, 3.8) is 0 Å². The average molecular weight is 387 g/mol. The lowest BCUT2D eigenvalue weighted by atomic mass is 10.3. The molecule has 2 heterocycles. The molecular formula is C15H16BrFN2S2. The molecule has 0 bridgehead atoms. The molecule has 1 aliphatic heterocycles. The maximum Gasteiger partial charge on any atom is 0.137 e. The van der Waals surface area contributed by atoms with Gasteiger partial charge in [0.1, 0.15) is 16.8 Å². The number of halogens is 2. The highest BCUT2D eigenvalue weighted by atomic mass is 79.9. The molecule has 2 nitrogen and oxygen atoms in total. The normalized spacial score (nSPS) is 12.4. The lowest BCUT2D eigenvalue weighted by Gasteiger charge is -2.01. The van der Waals surface area contributed by atoms with Crippen LogP contribution in [0.25, 0.3) is 0 Å². The van der Waals surface area contributed by atoms with E-state index in [0.717, 1.165) is 18.0 Å². The van der Waals surface area contributed by atoms with Gasteiger partial charge in [-0.25, -0.2) is 8.70 Å². The van der Waals surface area contributed by atoms with Crippen LogP contribution in [-0.2, 0) is 13.1 Å². The Morgan fingerprint density at radius 1 is 1.33 bits per heavy atom. The number of hydrogen-bond donors (Lipinski definition) is 1. The molecule has 0 spiro atoms. The van der Waals surface area contributed by atoms with Crippen LogP contribution in [0.2, 0.25) is 0 Å². The molecule has 0 N–H and O–H groups in total. The molecule has 1 aromatic heterocycles. The fourth-order valence-corrected chi connectivity index (χ4v) is 3.31. The van der Waals surface area contributed by atoms with Gasteiger partial charge in [0.25, 0.3) is 0 Å². The highest BCUT2D eigenvalue weighted by Crippen LogP contribution is 2.31. The molecule has 0 radical (unpaired) electrons. The molecule has 3 rings (SSSR count). The number of thiophene rings is 1. The van der Waals surface area contributed by atoms with Gasteiger partial charge in [-0.2, -0.15) is 5.26 Å². The first-order valence-electron chi connectivity index (χ1n) is 6.45. The van der Waals surface area contributed by atoms with Gasteiger partial charge in [0.2, 0.25) is 0 Å². The summed E-state index contributed by atoms with van der Waals surface area (Å²) in [4.78, 5) is 2.10. The van der Waals surface area contributed by atoms with Gasteiger partial charge in [-0.05, 0) is 39.7 Å². The minimum absolute atomic E-state index is 0.215. The van der Waals surface area contributed by atoms with Crippen LogP contribution in [0.1, 0.15) is 29.2 Å². The van der Waals surface area contributed by atoms with E-state index < -0.39 is 0 Å². The molecule has 6 heteroatoms. The maximum absolute atomic E-state index is 12.3. The molecule has 1 aliphatic rings. The predicted molar refractivity (Wildman–Crippen MR) is 92.7 cm³/mol. The average Bonchev–Trinajstić information content (AvgIpc) is 3.02. The number of nitrogens with zero attached hydrogens (tertiary/aromatic N) is 2. The summed E-state index contributed by atoms with van der Waals surface area (Å²) in [6, 6.07) is 10.6. The zero-order chi connectivity index (χ0) is 15.8. The van der Waals surface area contributed by atoms with Crippen molar-refractivity contribution in [2.45, 2.75) is 26.9 Å². The second-order valence-corrected chi connectivity index (χ2v) is 6.46. The van der Waals surface area contributed by atoms with Gasteiger partial charge in [-0.15, -0.1) is 11.3 Å². The number of hydrogen-bond acceptors (Lipinski definition) is 4. The Labute approximate surface area is 142 Å². The van der Waals surface area contributed by atoms with Crippen LogP contribution >= 0.6 is 40.1 Å². The topological polar surface area (TPSA) is 27.0 Å². The van der Waals surface area contributed by atoms with Crippen molar-refractivity contribution in [1.29, 1.82) is 5.26 Å². The molecule has 1 aromatic carbocycles. The third-order valence-corrected chi connectivity index (χ3v) is 4.50. The molecule has 112 valence electrons. The molecule has 0 amide bonds. The second-order valence-electron chi connectivity index (χ2n) is 3.91. The number of nitriles is 1. The molecule has 0 atom stereocenters. The van der Waals surface area contributed by atoms with Gasteiger partial charge >= 0.3 is 0 Å². The van der Waals surface area contributed by atoms with Crippen LogP contribution < -0.4 is 0 Å².